The van der Waals surface area contributed by atoms with Crippen LogP contribution in [0.25, 0.3) is 0 Å². The van der Waals surface area contributed by atoms with Gasteiger partial charge in [-0.05, 0) is 39.2 Å². The summed E-state index contributed by atoms with van der Waals surface area (Å²) in [6.07, 6.45) is 0.907. The summed E-state index contributed by atoms with van der Waals surface area (Å²) in [6.45, 7) is 0.688. The van der Waals surface area contributed by atoms with Crippen molar-refractivity contribution >= 4 is 15.9 Å². The molecule has 0 spiro atoms. The van der Waals surface area contributed by atoms with Gasteiger partial charge < -0.3 is 10.5 Å². The Hall–Kier alpha value is -1.39. The number of nitrogens with two attached hydrogens (primary N) is 1. The fourth-order valence-electron chi connectivity index (χ4n) is 2.37. The van der Waals surface area contributed by atoms with Gasteiger partial charge in [-0.1, -0.05) is 24.3 Å². The Morgan fingerprint density at radius 2 is 2.11 bits per heavy atom. The average molecular weight is 322 g/mol. The van der Waals surface area contributed by atoms with Crippen molar-refractivity contribution in [2.75, 3.05) is 6.61 Å². The van der Waals surface area contributed by atoms with Gasteiger partial charge in [-0.3, -0.25) is 0 Å². The molecule has 0 aromatic heterocycles. The van der Waals surface area contributed by atoms with Crippen LogP contribution in [0.3, 0.4) is 0 Å². The lowest BCUT2D eigenvalue weighted by molar-refractivity contribution is 0.352. The van der Waals surface area contributed by atoms with E-state index >= 15 is 0 Å². The second kappa shape index (κ2) is 4.94. The topological polar surface area (TPSA) is 35.2 Å². The average Bonchev–Trinajstić information content (AvgIpc) is 2.89. The molecule has 0 radical (unpaired) electrons. The molecular weight excluding hydrogens is 309 g/mol. The van der Waals surface area contributed by atoms with Crippen LogP contribution in [0.15, 0.2) is 40.9 Å². The number of hydrogen-bond acceptors (Lipinski definition) is 2. The van der Waals surface area contributed by atoms with E-state index in [1.54, 1.807) is 6.07 Å². The lowest BCUT2D eigenvalue weighted by atomic mass is 9.96. The molecule has 1 heterocycles. The first kappa shape index (κ1) is 12.6. The van der Waals surface area contributed by atoms with Crippen LogP contribution in [0, 0.1) is 5.82 Å². The summed E-state index contributed by atoms with van der Waals surface area (Å²) in [5, 5.41) is 0. The van der Waals surface area contributed by atoms with Gasteiger partial charge in [0.15, 0.2) is 0 Å². The first-order valence-corrected chi connectivity index (χ1v) is 6.91. The van der Waals surface area contributed by atoms with Gasteiger partial charge in [-0.2, -0.15) is 0 Å². The van der Waals surface area contributed by atoms with E-state index in [4.69, 9.17) is 10.5 Å². The number of hydrogen-bond donors (Lipinski definition) is 1. The molecule has 1 aliphatic rings. The smallest absolute Gasteiger partial charge is 0.137 e. The molecule has 0 aliphatic carbocycles. The molecule has 1 atom stereocenters. The SMILES string of the molecule is NC(c1ccc(Br)c(F)c1)c1cccc2c1OCC2. The first-order valence-electron chi connectivity index (χ1n) is 6.12. The van der Waals surface area contributed by atoms with Crippen molar-refractivity contribution in [3.05, 3.63) is 63.4 Å². The summed E-state index contributed by atoms with van der Waals surface area (Å²) in [4.78, 5) is 0. The van der Waals surface area contributed by atoms with E-state index in [1.807, 2.05) is 24.3 Å². The summed E-state index contributed by atoms with van der Waals surface area (Å²) in [7, 11) is 0. The van der Waals surface area contributed by atoms with Crippen LogP contribution in [0.4, 0.5) is 4.39 Å². The van der Waals surface area contributed by atoms with Crippen LogP contribution in [0.2, 0.25) is 0 Å². The fourth-order valence-corrected chi connectivity index (χ4v) is 2.62. The van der Waals surface area contributed by atoms with Crippen LogP contribution in [-0.2, 0) is 6.42 Å². The van der Waals surface area contributed by atoms with Crippen molar-refractivity contribution in [2.24, 2.45) is 5.73 Å². The third-order valence-corrected chi connectivity index (χ3v) is 4.03. The van der Waals surface area contributed by atoms with E-state index in [0.29, 0.717) is 11.1 Å². The van der Waals surface area contributed by atoms with Gasteiger partial charge in [-0.25, -0.2) is 4.39 Å². The molecule has 19 heavy (non-hydrogen) atoms. The zero-order chi connectivity index (χ0) is 13.4. The maximum atomic E-state index is 13.6. The zero-order valence-electron chi connectivity index (χ0n) is 10.2. The quantitative estimate of drug-likeness (QED) is 0.917. The molecule has 1 unspecified atom stereocenters. The molecule has 0 fully saturated rings. The molecule has 0 saturated heterocycles. The third kappa shape index (κ3) is 2.26. The van der Waals surface area contributed by atoms with E-state index in [1.165, 1.54) is 11.6 Å². The summed E-state index contributed by atoms with van der Waals surface area (Å²) in [5.41, 5.74) is 9.07. The van der Waals surface area contributed by atoms with E-state index in [2.05, 4.69) is 15.9 Å². The van der Waals surface area contributed by atoms with Gasteiger partial charge in [0.25, 0.3) is 0 Å². The maximum Gasteiger partial charge on any atom is 0.137 e. The van der Waals surface area contributed by atoms with Gasteiger partial charge in [-0.15, -0.1) is 0 Å². The predicted molar refractivity (Wildman–Crippen MR) is 75.8 cm³/mol. The van der Waals surface area contributed by atoms with Crippen molar-refractivity contribution in [2.45, 2.75) is 12.5 Å². The van der Waals surface area contributed by atoms with E-state index < -0.39 is 0 Å². The van der Waals surface area contributed by atoms with Crippen molar-refractivity contribution in [1.29, 1.82) is 0 Å². The Bertz CT molecular complexity index is 630. The molecule has 98 valence electrons. The van der Waals surface area contributed by atoms with Crippen LogP contribution >= 0.6 is 15.9 Å². The maximum absolute atomic E-state index is 13.6. The molecule has 1 aliphatic heterocycles. The molecule has 2 N–H and O–H groups in total. The minimum absolute atomic E-state index is 0.304. The molecule has 0 saturated carbocycles. The van der Waals surface area contributed by atoms with Crippen molar-refractivity contribution in [3.8, 4) is 5.75 Å². The highest BCUT2D eigenvalue weighted by Gasteiger charge is 2.21. The molecule has 2 nitrogen and oxygen atoms in total. The molecule has 0 bridgehead atoms. The Kier molecular flexibility index (Phi) is 3.29. The van der Waals surface area contributed by atoms with E-state index in [9.17, 15) is 4.39 Å². The van der Waals surface area contributed by atoms with Crippen LogP contribution in [0.5, 0.6) is 5.75 Å². The van der Waals surface area contributed by atoms with Gasteiger partial charge in [0.1, 0.15) is 11.6 Å². The summed E-state index contributed by atoms with van der Waals surface area (Å²) >= 11 is 3.14. The highest BCUT2D eigenvalue weighted by atomic mass is 79.9. The van der Waals surface area contributed by atoms with E-state index in [0.717, 1.165) is 23.3 Å². The molecule has 0 amide bonds. The number of para-hydroxylation sites is 1. The molecule has 2 aromatic carbocycles. The highest BCUT2D eigenvalue weighted by Crippen LogP contribution is 2.35. The number of benzene rings is 2. The van der Waals surface area contributed by atoms with Gasteiger partial charge in [0, 0.05) is 12.0 Å². The summed E-state index contributed by atoms with van der Waals surface area (Å²) < 4.78 is 19.7. The minimum Gasteiger partial charge on any atom is -0.493 e. The Morgan fingerprint density at radius 1 is 1.26 bits per heavy atom. The van der Waals surface area contributed by atoms with Gasteiger partial charge in [0.05, 0.1) is 17.1 Å². The fraction of sp³-hybridized carbons (Fsp3) is 0.200. The molecule has 3 rings (SSSR count). The number of fused-ring (bicyclic) bond motifs is 1. The zero-order valence-corrected chi connectivity index (χ0v) is 11.8. The molecule has 4 heteroatoms. The minimum atomic E-state index is -0.379. The second-order valence-corrected chi connectivity index (χ2v) is 5.44. The number of ether oxygens (including phenoxy) is 1. The van der Waals surface area contributed by atoms with Crippen molar-refractivity contribution in [1.82, 2.24) is 0 Å². The van der Waals surface area contributed by atoms with Crippen LogP contribution in [0.1, 0.15) is 22.7 Å². The monoisotopic (exact) mass is 321 g/mol. The van der Waals surface area contributed by atoms with Crippen molar-refractivity contribution in [3.63, 3.8) is 0 Å². The summed E-state index contributed by atoms with van der Waals surface area (Å²) in [5.74, 6) is 0.555. The second-order valence-electron chi connectivity index (χ2n) is 4.59. The predicted octanol–water partition coefficient (Wildman–Crippen LogP) is 3.57. The van der Waals surface area contributed by atoms with Gasteiger partial charge in [0.2, 0.25) is 0 Å². The highest BCUT2D eigenvalue weighted by molar-refractivity contribution is 9.10. The van der Waals surface area contributed by atoms with Crippen LogP contribution < -0.4 is 10.5 Å². The summed E-state index contributed by atoms with van der Waals surface area (Å²) in [6, 6.07) is 10.5. The normalized spacial score (nSPS) is 14.9. The number of rotatable bonds is 2. The third-order valence-electron chi connectivity index (χ3n) is 3.38. The Morgan fingerprint density at radius 3 is 2.89 bits per heavy atom. The lowest BCUT2D eigenvalue weighted by Gasteiger charge is -2.16. The molecular formula is C15H13BrFNO. The molecule has 2 aromatic rings. The lowest BCUT2D eigenvalue weighted by Crippen LogP contribution is -2.13. The Labute approximate surface area is 119 Å². The van der Waals surface area contributed by atoms with Crippen LogP contribution in [-0.4, -0.2) is 6.61 Å². The Balaban J connectivity index is 2.02. The standard InChI is InChI=1S/C15H13BrFNO/c16-12-5-4-10(8-13(12)17)14(18)11-3-1-2-9-6-7-19-15(9)11/h1-5,8,14H,6-7,18H2. The van der Waals surface area contributed by atoms with Crippen molar-refractivity contribution < 1.29 is 9.13 Å². The largest absolute Gasteiger partial charge is 0.493 e. The van der Waals surface area contributed by atoms with E-state index in [-0.39, 0.29) is 11.9 Å². The number of halogens is 2. The van der Waals surface area contributed by atoms with Gasteiger partial charge >= 0.3 is 0 Å². The first-order chi connectivity index (χ1) is 9.16.